The minimum absolute atomic E-state index is 0.0411. The predicted molar refractivity (Wildman–Crippen MR) is 94.3 cm³/mol. The molecule has 2 heterocycles. The molecule has 2 amide bonds. The number of benzene rings is 1. The second-order valence-electron chi connectivity index (χ2n) is 5.86. The monoisotopic (exact) mass is 338 g/mol. The summed E-state index contributed by atoms with van der Waals surface area (Å²) in [5.41, 5.74) is 5.58. The molecule has 5 nitrogen and oxygen atoms in total. The van der Waals surface area contributed by atoms with Crippen molar-refractivity contribution in [1.82, 2.24) is 15.1 Å². The van der Waals surface area contributed by atoms with E-state index in [0.717, 1.165) is 28.1 Å². The number of fused-ring (bicyclic) bond motifs is 1. The topological polar surface area (TPSA) is 59.3 Å². The molecule has 6 heteroatoms. The fourth-order valence-electron chi connectivity index (χ4n) is 3.11. The van der Waals surface area contributed by atoms with Crippen molar-refractivity contribution in [3.63, 3.8) is 0 Å². The van der Waals surface area contributed by atoms with Crippen LogP contribution in [0, 0.1) is 6.92 Å². The summed E-state index contributed by atoms with van der Waals surface area (Å²) >= 11 is 6.54. The number of aromatic nitrogens is 2. The number of carbonyl (C=O) groups excluding carboxylic acids is 1. The Bertz CT molecular complexity index is 952. The van der Waals surface area contributed by atoms with Crippen molar-refractivity contribution < 1.29 is 4.79 Å². The van der Waals surface area contributed by atoms with E-state index >= 15 is 0 Å². The van der Waals surface area contributed by atoms with Gasteiger partial charge in [-0.2, -0.15) is 10.1 Å². The third-order valence-electron chi connectivity index (χ3n) is 4.46. The van der Waals surface area contributed by atoms with Gasteiger partial charge in [-0.25, -0.2) is 4.79 Å². The van der Waals surface area contributed by atoms with Gasteiger partial charge in [0.05, 0.1) is 17.6 Å². The second kappa shape index (κ2) is 5.46. The lowest BCUT2D eigenvalue weighted by atomic mass is 9.87. The Labute approximate surface area is 144 Å². The van der Waals surface area contributed by atoms with E-state index in [9.17, 15) is 4.79 Å². The number of aryl methyl sites for hydroxylation is 1. The van der Waals surface area contributed by atoms with Crippen LogP contribution in [0.1, 0.15) is 17.2 Å². The van der Waals surface area contributed by atoms with Gasteiger partial charge in [0.15, 0.2) is 0 Å². The zero-order valence-corrected chi connectivity index (χ0v) is 14.0. The quantitative estimate of drug-likeness (QED) is 0.906. The molecular weight excluding hydrogens is 324 g/mol. The van der Waals surface area contributed by atoms with Crippen molar-refractivity contribution >= 4 is 23.3 Å². The highest BCUT2D eigenvalue weighted by atomic mass is 35.5. The molecule has 0 spiro atoms. The summed E-state index contributed by atoms with van der Waals surface area (Å²) in [4.78, 5) is 15.4. The van der Waals surface area contributed by atoms with Crippen molar-refractivity contribution in [2.45, 2.75) is 12.8 Å². The van der Waals surface area contributed by atoms with Crippen LogP contribution in [0.4, 0.5) is 4.79 Å². The molecule has 2 aromatic rings. The Morgan fingerprint density at radius 3 is 2.88 bits per heavy atom. The minimum Gasteiger partial charge on any atom is -0.304 e. The summed E-state index contributed by atoms with van der Waals surface area (Å²) < 4.78 is 1.84. The molecule has 1 atom stereocenters. The van der Waals surface area contributed by atoms with Crippen LogP contribution in [0.5, 0.6) is 0 Å². The zero-order valence-electron chi connectivity index (χ0n) is 13.2. The number of halogens is 1. The van der Waals surface area contributed by atoms with Crippen LogP contribution in [0.2, 0.25) is 5.02 Å². The van der Waals surface area contributed by atoms with Crippen LogP contribution in [-0.4, -0.2) is 21.5 Å². The Morgan fingerprint density at radius 2 is 2.12 bits per heavy atom. The fraction of sp³-hybridized carbons (Fsp3) is 0.167. The minimum atomic E-state index is -0.330. The van der Waals surface area contributed by atoms with Gasteiger partial charge in [0, 0.05) is 29.2 Å². The van der Waals surface area contributed by atoms with E-state index < -0.39 is 0 Å². The molecular formula is C18H15ClN4O. The number of urea groups is 1. The maximum absolute atomic E-state index is 11.4. The molecule has 1 unspecified atom stereocenters. The van der Waals surface area contributed by atoms with Crippen LogP contribution >= 0.6 is 11.6 Å². The molecule has 1 aromatic heterocycles. The first kappa shape index (κ1) is 14.9. The van der Waals surface area contributed by atoms with E-state index in [4.69, 9.17) is 11.6 Å². The van der Waals surface area contributed by atoms with Crippen molar-refractivity contribution in [2.24, 2.45) is 12.0 Å². The number of amides is 2. The van der Waals surface area contributed by atoms with Crippen LogP contribution in [0.3, 0.4) is 0 Å². The SMILES string of the molecule is Cc1c(-c2cccc(Cl)c2C2C=CC3=NC(=O)NC3=C2)cnn1C. The first-order chi connectivity index (χ1) is 11.5. The maximum Gasteiger partial charge on any atom is 0.346 e. The molecule has 24 heavy (non-hydrogen) atoms. The highest BCUT2D eigenvalue weighted by molar-refractivity contribution is 6.32. The van der Waals surface area contributed by atoms with Crippen molar-refractivity contribution in [2.75, 3.05) is 0 Å². The first-order valence-electron chi connectivity index (χ1n) is 7.62. The van der Waals surface area contributed by atoms with Crippen LogP contribution < -0.4 is 5.32 Å². The molecule has 0 saturated heterocycles. The number of hydrogen-bond donors (Lipinski definition) is 1. The Balaban J connectivity index is 1.85. The lowest BCUT2D eigenvalue weighted by Crippen LogP contribution is -2.17. The molecule has 1 aromatic carbocycles. The third kappa shape index (κ3) is 2.29. The summed E-state index contributed by atoms with van der Waals surface area (Å²) in [6, 6.07) is 5.55. The van der Waals surface area contributed by atoms with E-state index in [1.54, 1.807) is 0 Å². The first-order valence-corrected chi connectivity index (χ1v) is 8.00. The standard InChI is InChI=1S/C18H15ClN4O/c1-10-13(9-20-23(10)2)12-4-3-5-14(19)17(12)11-6-7-15-16(8-11)22-18(24)21-15/h3-9,11H,1-2H3,(H,22,24). The Hall–Kier alpha value is -2.66. The summed E-state index contributed by atoms with van der Waals surface area (Å²) in [7, 11) is 1.92. The molecule has 0 saturated carbocycles. The van der Waals surface area contributed by atoms with Gasteiger partial charge in [0.1, 0.15) is 0 Å². The van der Waals surface area contributed by atoms with Gasteiger partial charge >= 0.3 is 6.03 Å². The molecule has 1 aliphatic carbocycles. The van der Waals surface area contributed by atoms with Gasteiger partial charge in [-0.1, -0.05) is 29.8 Å². The van der Waals surface area contributed by atoms with Crippen LogP contribution in [0.15, 0.2) is 53.3 Å². The number of hydrogen-bond acceptors (Lipinski definition) is 2. The van der Waals surface area contributed by atoms with E-state index in [1.807, 2.05) is 55.2 Å². The lowest BCUT2D eigenvalue weighted by Gasteiger charge is -2.19. The molecule has 4 rings (SSSR count). The van der Waals surface area contributed by atoms with E-state index in [2.05, 4.69) is 21.5 Å². The van der Waals surface area contributed by atoms with Crippen molar-refractivity contribution in [1.29, 1.82) is 0 Å². The van der Waals surface area contributed by atoms with Gasteiger partial charge < -0.3 is 5.32 Å². The normalized spacial score (nSPS) is 19.0. The van der Waals surface area contributed by atoms with Gasteiger partial charge in [-0.05, 0) is 36.3 Å². The van der Waals surface area contributed by atoms with Gasteiger partial charge in [-0.3, -0.25) is 4.68 Å². The number of nitrogens with one attached hydrogen (secondary N) is 1. The number of allylic oxidation sites excluding steroid dienone is 3. The van der Waals surface area contributed by atoms with E-state index in [1.165, 1.54) is 0 Å². The number of nitrogens with zero attached hydrogens (tertiary/aromatic N) is 3. The Kier molecular flexibility index (Phi) is 3.39. The molecule has 1 aliphatic heterocycles. The summed E-state index contributed by atoms with van der Waals surface area (Å²) in [6.45, 7) is 2.03. The summed E-state index contributed by atoms with van der Waals surface area (Å²) in [5, 5.41) is 7.78. The number of rotatable bonds is 2. The highest BCUT2D eigenvalue weighted by Gasteiger charge is 2.25. The van der Waals surface area contributed by atoms with E-state index in [-0.39, 0.29) is 11.9 Å². The van der Waals surface area contributed by atoms with Crippen molar-refractivity contribution in [3.05, 3.63) is 64.6 Å². The average Bonchev–Trinajstić information content (AvgIpc) is 3.08. The maximum atomic E-state index is 11.4. The molecule has 120 valence electrons. The molecule has 1 N–H and O–H groups in total. The van der Waals surface area contributed by atoms with Gasteiger partial charge in [0.25, 0.3) is 0 Å². The average molecular weight is 339 g/mol. The van der Waals surface area contributed by atoms with Gasteiger partial charge in [0.2, 0.25) is 0 Å². The zero-order chi connectivity index (χ0) is 16.8. The Morgan fingerprint density at radius 1 is 1.29 bits per heavy atom. The lowest BCUT2D eigenvalue weighted by molar-refractivity contribution is 0.253. The summed E-state index contributed by atoms with van der Waals surface area (Å²) in [5.74, 6) is -0.0411. The smallest absolute Gasteiger partial charge is 0.304 e. The van der Waals surface area contributed by atoms with Crippen LogP contribution in [-0.2, 0) is 7.05 Å². The highest BCUT2D eigenvalue weighted by Crippen LogP contribution is 2.39. The second-order valence-corrected chi connectivity index (χ2v) is 6.27. The number of aliphatic imine (C=N–C) groups is 1. The predicted octanol–water partition coefficient (Wildman–Crippen LogP) is 3.75. The summed E-state index contributed by atoms with van der Waals surface area (Å²) in [6.07, 6.45) is 7.72. The largest absolute Gasteiger partial charge is 0.346 e. The molecule has 0 bridgehead atoms. The third-order valence-corrected chi connectivity index (χ3v) is 4.79. The van der Waals surface area contributed by atoms with Crippen molar-refractivity contribution in [3.8, 4) is 11.1 Å². The van der Waals surface area contributed by atoms with Crippen LogP contribution in [0.25, 0.3) is 11.1 Å². The number of carbonyl (C=O) groups is 1. The fourth-order valence-corrected chi connectivity index (χ4v) is 3.41. The molecule has 2 aliphatic rings. The van der Waals surface area contributed by atoms with Gasteiger partial charge in [-0.15, -0.1) is 0 Å². The molecule has 0 radical (unpaired) electrons. The molecule has 0 fully saturated rings. The van der Waals surface area contributed by atoms with E-state index in [0.29, 0.717) is 10.7 Å².